The first-order valence-electron chi connectivity index (χ1n) is 6.58. The molecule has 21 heavy (non-hydrogen) atoms. The van der Waals surface area contributed by atoms with E-state index in [0.29, 0.717) is 6.42 Å². The number of carboxylic acids is 1. The van der Waals surface area contributed by atoms with Crippen LogP contribution in [0.2, 0.25) is 0 Å². The predicted octanol–water partition coefficient (Wildman–Crippen LogP) is 0.615. The van der Waals surface area contributed by atoms with E-state index in [1.807, 2.05) is 17.5 Å². The highest BCUT2D eigenvalue weighted by molar-refractivity contribution is 7.10. The summed E-state index contributed by atoms with van der Waals surface area (Å²) in [7, 11) is -1.23. The van der Waals surface area contributed by atoms with Gasteiger partial charge in [-0.25, -0.2) is 0 Å². The molecule has 0 saturated heterocycles. The lowest BCUT2D eigenvalue weighted by Crippen LogP contribution is -2.48. The third kappa shape index (κ3) is 5.00. The monoisotopic (exact) mass is 309 g/mol. The van der Waals surface area contributed by atoms with Crippen LogP contribution in [0.1, 0.15) is 17.7 Å². The first kappa shape index (κ1) is 15.7. The molecule has 0 radical (unpaired) electrons. The summed E-state index contributed by atoms with van der Waals surface area (Å²) in [6.45, 7) is 0. The molecule has 2 heterocycles. The number of hydrogen-bond donors (Lipinski definition) is 3. The Balaban J connectivity index is 1.87. The van der Waals surface area contributed by atoms with E-state index < -0.39 is 25.1 Å². The molecule has 2 atom stereocenters. The van der Waals surface area contributed by atoms with Gasteiger partial charge in [0.2, 0.25) is 5.91 Å². The molecule has 0 bridgehead atoms. The van der Waals surface area contributed by atoms with Crippen molar-refractivity contribution in [3.63, 3.8) is 0 Å². The van der Waals surface area contributed by atoms with E-state index in [4.69, 9.17) is 9.76 Å². The normalized spacial score (nSPS) is 21.9. The number of carbonyl (C=O) groups is 2. The van der Waals surface area contributed by atoms with Gasteiger partial charge in [0.25, 0.3) is 0 Å². The number of carbonyl (C=O) groups excluding carboxylic acids is 1. The number of thiophene rings is 1. The van der Waals surface area contributed by atoms with E-state index in [2.05, 4.69) is 5.32 Å². The van der Waals surface area contributed by atoms with Crippen LogP contribution in [0.4, 0.5) is 0 Å². The summed E-state index contributed by atoms with van der Waals surface area (Å²) < 4.78 is 5.25. The maximum absolute atomic E-state index is 11.9. The lowest BCUT2D eigenvalue weighted by atomic mass is 9.77. The van der Waals surface area contributed by atoms with E-state index >= 15 is 0 Å². The summed E-state index contributed by atoms with van der Waals surface area (Å²) in [4.78, 5) is 23.5. The molecular weight excluding hydrogens is 293 g/mol. The Morgan fingerprint density at radius 3 is 3.00 bits per heavy atom. The van der Waals surface area contributed by atoms with Gasteiger partial charge in [-0.3, -0.25) is 9.59 Å². The molecule has 0 aromatic carbocycles. The molecule has 1 unspecified atom stereocenters. The van der Waals surface area contributed by atoms with Gasteiger partial charge in [-0.1, -0.05) is 18.2 Å². The fraction of sp³-hybridized carbons (Fsp3) is 0.385. The minimum atomic E-state index is -1.23. The number of hydrogen-bond acceptors (Lipinski definition) is 5. The number of rotatable bonds is 5. The second-order valence-corrected chi connectivity index (χ2v) is 5.79. The van der Waals surface area contributed by atoms with Crippen LogP contribution in [0.3, 0.4) is 0 Å². The number of amides is 1. The molecule has 1 aliphatic rings. The van der Waals surface area contributed by atoms with Crippen LogP contribution in [0.5, 0.6) is 0 Å². The van der Waals surface area contributed by atoms with E-state index in [9.17, 15) is 14.6 Å². The zero-order chi connectivity index (χ0) is 15.2. The maximum Gasteiger partial charge on any atom is 0.478 e. The highest BCUT2D eigenvalue weighted by atomic mass is 32.1. The highest BCUT2D eigenvalue weighted by Gasteiger charge is 2.32. The average Bonchev–Trinajstić information content (AvgIpc) is 2.83. The van der Waals surface area contributed by atoms with Crippen LogP contribution in [0.25, 0.3) is 0 Å². The molecule has 112 valence electrons. The van der Waals surface area contributed by atoms with Crippen LogP contribution in [0.15, 0.2) is 29.7 Å². The summed E-state index contributed by atoms with van der Waals surface area (Å²) in [6.07, 6.45) is 3.07. The molecule has 8 heteroatoms. The Labute approximate surface area is 126 Å². The van der Waals surface area contributed by atoms with Gasteiger partial charge in [0.05, 0.1) is 24.9 Å². The smallest absolute Gasteiger partial charge is 0.478 e. The van der Waals surface area contributed by atoms with E-state index in [0.717, 1.165) is 4.88 Å². The first-order chi connectivity index (χ1) is 10.0. The summed E-state index contributed by atoms with van der Waals surface area (Å²) in [5.74, 6) is -1.78. The van der Waals surface area contributed by atoms with Crippen molar-refractivity contribution in [1.29, 1.82) is 0 Å². The van der Waals surface area contributed by atoms with Gasteiger partial charge in [-0.15, -0.1) is 11.3 Å². The third-order valence-corrected chi connectivity index (χ3v) is 3.91. The van der Waals surface area contributed by atoms with E-state index in [1.54, 1.807) is 12.2 Å². The Morgan fingerprint density at radius 1 is 1.52 bits per heavy atom. The molecule has 0 saturated carbocycles. The Kier molecular flexibility index (Phi) is 5.55. The van der Waals surface area contributed by atoms with Crippen molar-refractivity contribution in [3.8, 4) is 0 Å². The standard InChI is InChI=1S/C13H16BNO5S/c16-12(8-10-4-2-6-21-10)15-11-5-1-3-9(7-13(17)18)20-14(11)19/h1-4,6,9,11,19H,5,7-8H2,(H,15,16)(H,17,18)/t9?,11-/m0/s1. The lowest BCUT2D eigenvalue weighted by Gasteiger charge is -2.20. The van der Waals surface area contributed by atoms with E-state index in [1.165, 1.54) is 11.3 Å². The molecular formula is C13H16BNO5S. The minimum absolute atomic E-state index is 0.199. The van der Waals surface area contributed by atoms with Crippen LogP contribution in [0, 0.1) is 0 Å². The van der Waals surface area contributed by atoms with Crippen molar-refractivity contribution in [3.05, 3.63) is 34.5 Å². The topological polar surface area (TPSA) is 95.9 Å². The van der Waals surface area contributed by atoms with Gasteiger partial charge < -0.3 is 20.1 Å². The van der Waals surface area contributed by atoms with Crippen molar-refractivity contribution in [1.82, 2.24) is 5.32 Å². The molecule has 2 rings (SSSR count). The number of carboxylic acid groups (broad SMARTS) is 1. The van der Waals surface area contributed by atoms with Crippen LogP contribution in [-0.4, -0.2) is 41.2 Å². The van der Waals surface area contributed by atoms with Gasteiger partial charge in [-0.05, 0) is 17.9 Å². The van der Waals surface area contributed by atoms with Gasteiger partial charge in [0.15, 0.2) is 0 Å². The SMILES string of the molecule is O=C(O)CC1C=CC[C@H](NC(=O)Cc2cccs2)B(O)O1. The van der Waals surface area contributed by atoms with Gasteiger partial charge in [-0.2, -0.15) is 0 Å². The van der Waals surface area contributed by atoms with Crippen LogP contribution < -0.4 is 5.32 Å². The van der Waals surface area contributed by atoms with Crippen molar-refractivity contribution < 1.29 is 24.4 Å². The minimum Gasteiger partial charge on any atom is -0.481 e. The van der Waals surface area contributed by atoms with Crippen LogP contribution >= 0.6 is 11.3 Å². The molecule has 1 aliphatic heterocycles. The zero-order valence-corrected chi connectivity index (χ0v) is 12.1. The van der Waals surface area contributed by atoms with Crippen molar-refractivity contribution >= 4 is 30.3 Å². The third-order valence-electron chi connectivity index (χ3n) is 3.04. The fourth-order valence-corrected chi connectivity index (χ4v) is 2.76. The molecule has 1 amide bonds. The van der Waals surface area contributed by atoms with Gasteiger partial charge in [0, 0.05) is 4.88 Å². The molecule has 0 aliphatic carbocycles. The van der Waals surface area contributed by atoms with Crippen LogP contribution in [-0.2, 0) is 20.7 Å². The first-order valence-corrected chi connectivity index (χ1v) is 7.46. The highest BCUT2D eigenvalue weighted by Crippen LogP contribution is 2.13. The number of aliphatic carboxylic acids is 1. The van der Waals surface area contributed by atoms with Crippen molar-refractivity contribution in [2.24, 2.45) is 0 Å². The predicted molar refractivity (Wildman–Crippen MR) is 78.8 cm³/mol. The number of nitrogens with one attached hydrogen (secondary N) is 1. The summed E-state index contributed by atoms with van der Waals surface area (Å²) in [6, 6.07) is 3.74. The Morgan fingerprint density at radius 2 is 2.33 bits per heavy atom. The molecule has 0 fully saturated rings. The molecule has 0 spiro atoms. The summed E-state index contributed by atoms with van der Waals surface area (Å²) in [5, 5.41) is 23.3. The lowest BCUT2D eigenvalue weighted by molar-refractivity contribution is -0.138. The average molecular weight is 309 g/mol. The van der Waals surface area contributed by atoms with Gasteiger partial charge in [0.1, 0.15) is 0 Å². The quantitative estimate of drug-likeness (QED) is 0.547. The van der Waals surface area contributed by atoms with Crippen molar-refractivity contribution in [2.75, 3.05) is 0 Å². The Hall–Kier alpha value is -1.64. The van der Waals surface area contributed by atoms with Gasteiger partial charge >= 0.3 is 13.1 Å². The van der Waals surface area contributed by atoms with Crippen molar-refractivity contribution in [2.45, 2.75) is 31.3 Å². The molecule has 1 aromatic rings. The molecule has 1 aromatic heterocycles. The largest absolute Gasteiger partial charge is 0.481 e. The summed E-state index contributed by atoms with van der Waals surface area (Å²) >= 11 is 1.49. The second kappa shape index (κ2) is 7.40. The van der Waals surface area contributed by atoms with E-state index in [-0.39, 0.29) is 18.7 Å². The maximum atomic E-state index is 11.9. The summed E-state index contributed by atoms with van der Waals surface area (Å²) in [5.41, 5.74) is 0. The fourth-order valence-electron chi connectivity index (χ4n) is 2.06. The Bertz CT molecular complexity index is 519. The molecule has 6 nitrogen and oxygen atoms in total. The zero-order valence-electron chi connectivity index (χ0n) is 11.3. The molecule has 3 N–H and O–H groups in total. The second-order valence-electron chi connectivity index (χ2n) is 4.76.